The van der Waals surface area contributed by atoms with Crippen LogP contribution in [0.2, 0.25) is 5.02 Å². The van der Waals surface area contributed by atoms with Crippen LogP contribution in [0.25, 0.3) is 0 Å². The van der Waals surface area contributed by atoms with Crippen molar-refractivity contribution < 1.29 is 14.3 Å². The van der Waals surface area contributed by atoms with Gasteiger partial charge in [0.05, 0.1) is 18.1 Å². The number of carbonyl (C=O) groups is 2. The number of hydrogen-bond acceptors (Lipinski definition) is 4. The van der Waals surface area contributed by atoms with Gasteiger partial charge in [-0.25, -0.2) is 0 Å². The van der Waals surface area contributed by atoms with Gasteiger partial charge in [-0.15, -0.1) is 0 Å². The Labute approximate surface area is 157 Å². The van der Waals surface area contributed by atoms with Crippen molar-refractivity contribution in [1.29, 1.82) is 0 Å². The van der Waals surface area contributed by atoms with Crippen molar-refractivity contribution in [2.24, 2.45) is 5.92 Å². The Hall–Kier alpha value is -2.60. The Morgan fingerprint density at radius 1 is 1.42 bits per heavy atom. The predicted octanol–water partition coefficient (Wildman–Crippen LogP) is 2.46. The number of amides is 2. The molecule has 6 nitrogen and oxygen atoms in total. The number of aromatic nitrogens is 1. The number of ether oxygens (including phenoxy) is 1. The molecule has 1 fully saturated rings. The predicted molar refractivity (Wildman–Crippen MR) is 99.4 cm³/mol. The number of nitrogens with one attached hydrogen (secondary N) is 1. The maximum Gasteiger partial charge on any atom is 0.227 e. The van der Waals surface area contributed by atoms with Gasteiger partial charge in [0.25, 0.3) is 0 Å². The molecule has 0 aliphatic carbocycles. The second-order valence-electron chi connectivity index (χ2n) is 6.13. The number of benzene rings is 1. The molecular formula is C19H20ClN3O3. The monoisotopic (exact) mass is 373 g/mol. The van der Waals surface area contributed by atoms with Crippen molar-refractivity contribution in [3.8, 4) is 5.75 Å². The highest BCUT2D eigenvalue weighted by atomic mass is 35.5. The maximum atomic E-state index is 12.4. The highest BCUT2D eigenvalue weighted by molar-refractivity contribution is 6.32. The molecule has 0 unspecified atom stereocenters. The normalized spacial score (nSPS) is 16.6. The first-order chi connectivity index (χ1) is 12.6. The Bertz CT molecular complexity index is 798. The van der Waals surface area contributed by atoms with Crippen molar-refractivity contribution >= 4 is 29.1 Å². The van der Waals surface area contributed by atoms with Gasteiger partial charge in [-0.3, -0.25) is 14.6 Å². The second kappa shape index (κ2) is 8.19. The second-order valence-corrected chi connectivity index (χ2v) is 6.53. The number of anilines is 1. The number of methoxy groups -OCH3 is 1. The van der Waals surface area contributed by atoms with Gasteiger partial charge < -0.3 is 15.0 Å². The van der Waals surface area contributed by atoms with E-state index in [0.717, 1.165) is 5.56 Å². The molecule has 2 heterocycles. The molecule has 2 amide bonds. The first-order valence-electron chi connectivity index (χ1n) is 8.39. The molecule has 2 aromatic rings. The van der Waals surface area contributed by atoms with E-state index in [-0.39, 0.29) is 24.2 Å². The molecule has 136 valence electrons. The van der Waals surface area contributed by atoms with Gasteiger partial charge in [0, 0.05) is 37.6 Å². The number of hydrogen-bond donors (Lipinski definition) is 1. The van der Waals surface area contributed by atoms with Gasteiger partial charge >= 0.3 is 0 Å². The first kappa shape index (κ1) is 18.2. The zero-order valence-corrected chi connectivity index (χ0v) is 15.2. The highest BCUT2D eigenvalue weighted by Crippen LogP contribution is 2.32. The minimum Gasteiger partial charge on any atom is -0.495 e. The van der Waals surface area contributed by atoms with Crippen molar-refractivity contribution in [1.82, 2.24) is 10.3 Å². The van der Waals surface area contributed by atoms with E-state index in [1.54, 1.807) is 35.5 Å². The van der Waals surface area contributed by atoms with E-state index in [4.69, 9.17) is 16.3 Å². The molecule has 1 aromatic heterocycles. The van der Waals surface area contributed by atoms with Crippen molar-refractivity contribution in [3.05, 3.63) is 53.3 Å². The molecule has 3 rings (SSSR count). The number of pyridine rings is 1. The number of carbonyl (C=O) groups excluding carboxylic acids is 2. The molecule has 0 saturated carbocycles. The summed E-state index contributed by atoms with van der Waals surface area (Å²) in [7, 11) is 1.54. The summed E-state index contributed by atoms with van der Waals surface area (Å²) in [5.41, 5.74) is 1.73. The molecule has 1 atom stereocenters. The van der Waals surface area contributed by atoms with Crippen molar-refractivity contribution in [3.63, 3.8) is 0 Å². The molecular weight excluding hydrogens is 354 g/mol. The van der Waals surface area contributed by atoms with Crippen LogP contribution < -0.4 is 15.0 Å². The molecule has 1 aromatic carbocycles. The first-order valence-corrected chi connectivity index (χ1v) is 8.77. The molecule has 1 N–H and O–H groups in total. The van der Waals surface area contributed by atoms with E-state index in [0.29, 0.717) is 36.0 Å². The quantitative estimate of drug-likeness (QED) is 0.844. The third kappa shape index (κ3) is 4.14. The summed E-state index contributed by atoms with van der Waals surface area (Å²) >= 11 is 6.13. The summed E-state index contributed by atoms with van der Waals surface area (Å²) < 4.78 is 5.13. The van der Waals surface area contributed by atoms with Crippen molar-refractivity contribution in [2.75, 3.05) is 25.1 Å². The molecule has 1 aliphatic heterocycles. The lowest BCUT2D eigenvalue weighted by Crippen LogP contribution is -2.34. The number of halogens is 1. The van der Waals surface area contributed by atoms with Gasteiger partial charge in [-0.1, -0.05) is 17.7 Å². The Kier molecular flexibility index (Phi) is 5.73. The summed E-state index contributed by atoms with van der Waals surface area (Å²) in [5.74, 6) is -0.00738. The van der Waals surface area contributed by atoms with Crippen LogP contribution in [0.3, 0.4) is 0 Å². The van der Waals surface area contributed by atoms with Crippen LogP contribution >= 0.6 is 11.6 Å². The van der Waals surface area contributed by atoms with Crippen LogP contribution in [0.4, 0.5) is 5.69 Å². The molecule has 0 radical (unpaired) electrons. The van der Waals surface area contributed by atoms with E-state index in [1.807, 2.05) is 12.1 Å². The SMILES string of the molecule is COc1ccc(N2C[C@H](C(=O)NCCc3cccnc3)CC2=O)cc1Cl. The number of rotatable bonds is 6. The fourth-order valence-electron chi connectivity index (χ4n) is 2.98. The zero-order chi connectivity index (χ0) is 18.5. The molecule has 1 saturated heterocycles. The van der Waals surface area contributed by atoms with Gasteiger partial charge in [0.15, 0.2) is 0 Å². The fraction of sp³-hybridized carbons (Fsp3) is 0.316. The molecule has 26 heavy (non-hydrogen) atoms. The maximum absolute atomic E-state index is 12.4. The summed E-state index contributed by atoms with van der Waals surface area (Å²) in [6, 6.07) is 9.00. The Balaban J connectivity index is 1.56. The molecule has 7 heteroatoms. The molecule has 0 bridgehead atoms. The Morgan fingerprint density at radius 2 is 2.27 bits per heavy atom. The van der Waals surface area contributed by atoms with Gasteiger partial charge in [0.1, 0.15) is 5.75 Å². The summed E-state index contributed by atoms with van der Waals surface area (Å²) in [4.78, 5) is 30.3. The summed E-state index contributed by atoms with van der Waals surface area (Å²) in [6.07, 6.45) is 4.40. The van der Waals surface area contributed by atoms with E-state index in [9.17, 15) is 9.59 Å². The molecule has 0 spiro atoms. The smallest absolute Gasteiger partial charge is 0.227 e. The van der Waals surface area contributed by atoms with E-state index in [2.05, 4.69) is 10.3 Å². The van der Waals surface area contributed by atoms with Gasteiger partial charge in [-0.2, -0.15) is 0 Å². The fourth-order valence-corrected chi connectivity index (χ4v) is 3.23. The lowest BCUT2D eigenvalue weighted by atomic mass is 10.1. The lowest BCUT2D eigenvalue weighted by Gasteiger charge is -2.17. The lowest BCUT2D eigenvalue weighted by molar-refractivity contribution is -0.126. The van der Waals surface area contributed by atoms with Crippen LogP contribution in [0.5, 0.6) is 5.75 Å². The van der Waals surface area contributed by atoms with E-state index in [1.165, 1.54) is 7.11 Å². The average molecular weight is 374 g/mol. The van der Waals surface area contributed by atoms with Crippen LogP contribution in [0, 0.1) is 5.92 Å². The van der Waals surface area contributed by atoms with Crippen LogP contribution in [-0.2, 0) is 16.0 Å². The van der Waals surface area contributed by atoms with Crippen LogP contribution in [0.1, 0.15) is 12.0 Å². The zero-order valence-electron chi connectivity index (χ0n) is 14.4. The topological polar surface area (TPSA) is 71.5 Å². The minimum atomic E-state index is -0.364. The van der Waals surface area contributed by atoms with Crippen molar-refractivity contribution in [2.45, 2.75) is 12.8 Å². The van der Waals surface area contributed by atoms with E-state index < -0.39 is 0 Å². The standard InChI is InChI=1S/C19H20ClN3O3/c1-26-17-5-4-15(10-16(17)20)23-12-14(9-18(23)24)19(25)22-8-6-13-3-2-7-21-11-13/h2-5,7,10-11,14H,6,8-9,12H2,1H3,(H,22,25)/t14-/m1/s1. The third-order valence-electron chi connectivity index (χ3n) is 4.38. The highest BCUT2D eigenvalue weighted by Gasteiger charge is 2.35. The van der Waals surface area contributed by atoms with Crippen LogP contribution in [-0.4, -0.2) is 37.0 Å². The van der Waals surface area contributed by atoms with E-state index >= 15 is 0 Å². The summed E-state index contributed by atoms with van der Waals surface area (Å²) in [5, 5.41) is 3.34. The minimum absolute atomic E-state index is 0.0846. The summed E-state index contributed by atoms with van der Waals surface area (Å²) in [6.45, 7) is 0.865. The van der Waals surface area contributed by atoms with Gasteiger partial charge in [-0.05, 0) is 36.2 Å². The largest absolute Gasteiger partial charge is 0.495 e. The van der Waals surface area contributed by atoms with Gasteiger partial charge in [0.2, 0.25) is 11.8 Å². The van der Waals surface area contributed by atoms with Crippen LogP contribution in [0.15, 0.2) is 42.7 Å². The molecule has 1 aliphatic rings. The third-order valence-corrected chi connectivity index (χ3v) is 4.67. The Morgan fingerprint density at radius 3 is 2.96 bits per heavy atom. The average Bonchev–Trinajstić information content (AvgIpc) is 3.04. The number of nitrogens with zero attached hydrogens (tertiary/aromatic N) is 2.